The number of nitrogens with zero attached hydrogens (tertiary/aromatic N) is 2. The number of benzene rings is 2. The summed E-state index contributed by atoms with van der Waals surface area (Å²) in [4.78, 5) is 16.0. The van der Waals surface area contributed by atoms with E-state index in [1.54, 1.807) is 18.5 Å². The summed E-state index contributed by atoms with van der Waals surface area (Å²) in [7, 11) is -1.72. The molecule has 7 nitrogen and oxygen atoms in total. The Morgan fingerprint density at radius 3 is 2.54 bits per heavy atom. The summed E-state index contributed by atoms with van der Waals surface area (Å²) in [6.45, 7) is 0. The Balaban J connectivity index is 1.84. The number of aromatic nitrogens is 2. The lowest BCUT2D eigenvalue weighted by Crippen LogP contribution is -2.29. The summed E-state index contributed by atoms with van der Waals surface area (Å²) in [6, 6.07) is 11.8. The quantitative estimate of drug-likeness (QED) is 0.781. The minimum atomic E-state index is -3.59. The van der Waals surface area contributed by atoms with Crippen LogP contribution >= 0.6 is 0 Å². The van der Waals surface area contributed by atoms with E-state index in [9.17, 15) is 13.2 Å². The number of carbonyl (C=O) groups is 1. The molecule has 2 aromatic carbocycles. The first-order chi connectivity index (χ1) is 11.3. The zero-order chi connectivity index (χ0) is 17.3. The highest BCUT2D eigenvalue weighted by Gasteiger charge is 2.12. The van der Waals surface area contributed by atoms with E-state index in [0.29, 0.717) is 11.5 Å². The van der Waals surface area contributed by atoms with Crippen LogP contribution in [-0.4, -0.2) is 30.1 Å². The van der Waals surface area contributed by atoms with E-state index < -0.39 is 15.9 Å². The van der Waals surface area contributed by atoms with Gasteiger partial charge in [0.1, 0.15) is 11.3 Å². The smallest absolute Gasteiger partial charge is 0.264 e. The van der Waals surface area contributed by atoms with Gasteiger partial charge in [0.2, 0.25) is 10.0 Å². The molecule has 8 heteroatoms. The van der Waals surface area contributed by atoms with E-state index in [2.05, 4.69) is 4.98 Å². The highest BCUT2D eigenvalue weighted by atomic mass is 32.2. The predicted molar refractivity (Wildman–Crippen MR) is 89.5 cm³/mol. The van der Waals surface area contributed by atoms with Crippen LogP contribution in [0.15, 0.2) is 48.8 Å². The largest absolute Gasteiger partial charge is 0.455 e. The fraction of sp³-hybridized carbons (Fsp3) is 0.125. The summed E-state index contributed by atoms with van der Waals surface area (Å²) in [5, 5.41) is 0. The number of imidazole rings is 1. The molecular formula is C16H15N3O4S. The zero-order valence-corrected chi connectivity index (χ0v) is 13.9. The van der Waals surface area contributed by atoms with Crippen molar-refractivity contribution in [2.45, 2.75) is 0 Å². The van der Waals surface area contributed by atoms with E-state index in [1.807, 2.05) is 34.5 Å². The molecule has 0 radical (unpaired) electrons. The monoisotopic (exact) mass is 345 g/mol. The molecule has 0 bridgehead atoms. The minimum Gasteiger partial charge on any atom is -0.455 e. The molecule has 1 amide bonds. The van der Waals surface area contributed by atoms with Crippen molar-refractivity contribution in [3.63, 3.8) is 0 Å². The van der Waals surface area contributed by atoms with Crippen molar-refractivity contribution in [3.05, 3.63) is 54.4 Å². The molecule has 124 valence electrons. The number of nitrogens with one attached hydrogen (secondary N) is 1. The van der Waals surface area contributed by atoms with Crippen LogP contribution in [0.25, 0.3) is 11.0 Å². The number of rotatable bonds is 4. The summed E-state index contributed by atoms with van der Waals surface area (Å²) >= 11 is 0. The Labute approximate surface area is 138 Å². The van der Waals surface area contributed by atoms with E-state index in [4.69, 9.17) is 4.74 Å². The Bertz CT molecular complexity index is 1010. The number of aryl methyl sites for hydroxylation is 1. The van der Waals surface area contributed by atoms with Gasteiger partial charge in [0.25, 0.3) is 5.91 Å². The molecule has 0 unspecified atom stereocenters. The van der Waals surface area contributed by atoms with Crippen molar-refractivity contribution in [3.8, 4) is 11.5 Å². The summed E-state index contributed by atoms with van der Waals surface area (Å²) in [5.74, 6) is 0.484. The van der Waals surface area contributed by atoms with E-state index in [1.165, 1.54) is 12.1 Å². The van der Waals surface area contributed by atoms with E-state index in [0.717, 1.165) is 17.3 Å². The first-order valence-corrected chi connectivity index (χ1v) is 8.93. The molecule has 0 fully saturated rings. The van der Waals surface area contributed by atoms with Crippen LogP contribution in [0.4, 0.5) is 0 Å². The molecule has 1 heterocycles. The summed E-state index contributed by atoms with van der Waals surface area (Å²) < 4.78 is 31.8. The first-order valence-electron chi connectivity index (χ1n) is 7.03. The second kappa shape index (κ2) is 5.97. The lowest BCUT2D eigenvalue weighted by Gasteiger charge is -2.09. The highest BCUT2D eigenvalue weighted by molar-refractivity contribution is 7.89. The molecule has 1 N–H and O–H groups in total. The van der Waals surface area contributed by atoms with Crippen LogP contribution in [0, 0.1) is 0 Å². The van der Waals surface area contributed by atoms with Gasteiger partial charge in [-0.1, -0.05) is 6.07 Å². The van der Waals surface area contributed by atoms with Gasteiger partial charge in [-0.3, -0.25) is 4.79 Å². The Morgan fingerprint density at radius 1 is 1.17 bits per heavy atom. The molecule has 24 heavy (non-hydrogen) atoms. The van der Waals surface area contributed by atoms with Crippen LogP contribution in [0.5, 0.6) is 11.5 Å². The van der Waals surface area contributed by atoms with E-state index >= 15 is 0 Å². The third kappa shape index (κ3) is 3.38. The molecule has 3 rings (SSSR count). The van der Waals surface area contributed by atoms with Gasteiger partial charge in [0.05, 0.1) is 18.1 Å². The van der Waals surface area contributed by atoms with E-state index in [-0.39, 0.29) is 5.56 Å². The Morgan fingerprint density at radius 2 is 1.88 bits per heavy atom. The van der Waals surface area contributed by atoms with Gasteiger partial charge >= 0.3 is 0 Å². The number of sulfonamides is 1. The second-order valence-electron chi connectivity index (χ2n) is 5.31. The van der Waals surface area contributed by atoms with Gasteiger partial charge in [-0.15, -0.1) is 0 Å². The van der Waals surface area contributed by atoms with Gasteiger partial charge in [-0.2, -0.15) is 0 Å². The molecule has 0 atom stereocenters. The Kier molecular flexibility index (Phi) is 3.98. The zero-order valence-electron chi connectivity index (χ0n) is 13.1. The standard InChI is InChI=1S/C16H15N3O4S/c1-19-10-17-13-4-3-5-14(15(13)19)23-12-8-6-11(7-9-12)16(20)18-24(2,21)22/h3-10H,1-2H3,(H,18,20). The first kappa shape index (κ1) is 16.0. The number of ether oxygens (including phenoxy) is 1. The van der Waals surface area contributed by atoms with Crippen molar-refractivity contribution in [1.29, 1.82) is 0 Å². The molecule has 0 saturated carbocycles. The normalized spacial score (nSPS) is 11.4. The Hall–Kier alpha value is -2.87. The fourth-order valence-electron chi connectivity index (χ4n) is 2.29. The number of carbonyl (C=O) groups excluding carboxylic acids is 1. The maximum absolute atomic E-state index is 11.8. The lowest BCUT2D eigenvalue weighted by atomic mass is 10.2. The number of para-hydroxylation sites is 1. The second-order valence-corrected chi connectivity index (χ2v) is 7.06. The van der Waals surface area contributed by atoms with Crippen LogP contribution in [-0.2, 0) is 17.1 Å². The number of hydrogen-bond acceptors (Lipinski definition) is 5. The number of fused-ring (bicyclic) bond motifs is 1. The van der Waals surface area contributed by atoms with Gasteiger partial charge in [0.15, 0.2) is 5.75 Å². The van der Waals surface area contributed by atoms with Crippen LogP contribution < -0.4 is 9.46 Å². The van der Waals surface area contributed by atoms with Gasteiger partial charge in [0, 0.05) is 12.6 Å². The van der Waals surface area contributed by atoms with Crippen molar-refractivity contribution in [1.82, 2.24) is 14.3 Å². The summed E-state index contributed by atoms with van der Waals surface area (Å²) in [6.07, 6.45) is 2.63. The molecular weight excluding hydrogens is 330 g/mol. The van der Waals surface area contributed by atoms with Crippen molar-refractivity contribution in [2.75, 3.05) is 6.26 Å². The molecule has 0 spiro atoms. The van der Waals surface area contributed by atoms with Gasteiger partial charge in [-0.25, -0.2) is 18.1 Å². The minimum absolute atomic E-state index is 0.228. The molecule has 0 aliphatic rings. The van der Waals surface area contributed by atoms with Crippen molar-refractivity contribution in [2.24, 2.45) is 7.05 Å². The average Bonchev–Trinajstić information content (AvgIpc) is 2.89. The maximum Gasteiger partial charge on any atom is 0.264 e. The lowest BCUT2D eigenvalue weighted by molar-refractivity contribution is 0.0981. The van der Waals surface area contributed by atoms with Gasteiger partial charge in [-0.05, 0) is 36.4 Å². The highest BCUT2D eigenvalue weighted by Crippen LogP contribution is 2.29. The number of hydrogen-bond donors (Lipinski definition) is 1. The molecule has 3 aromatic rings. The molecule has 0 aliphatic carbocycles. The predicted octanol–water partition coefficient (Wildman–Crippen LogP) is 2.05. The van der Waals surface area contributed by atoms with Crippen LogP contribution in [0.2, 0.25) is 0 Å². The van der Waals surface area contributed by atoms with Crippen LogP contribution in [0.3, 0.4) is 0 Å². The third-order valence-corrected chi connectivity index (χ3v) is 3.88. The fourth-order valence-corrected chi connectivity index (χ4v) is 2.74. The average molecular weight is 345 g/mol. The third-order valence-electron chi connectivity index (χ3n) is 3.32. The van der Waals surface area contributed by atoms with Crippen LogP contribution in [0.1, 0.15) is 10.4 Å². The molecule has 1 aromatic heterocycles. The number of amides is 1. The summed E-state index contributed by atoms with van der Waals surface area (Å²) in [5.41, 5.74) is 1.90. The molecule has 0 aliphatic heterocycles. The molecule has 0 saturated heterocycles. The topological polar surface area (TPSA) is 90.3 Å². The maximum atomic E-state index is 11.8. The SMILES string of the molecule is Cn1cnc2cccc(Oc3ccc(C(=O)NS(C)(=O)=O)cc3)c21. The van der Waals surface area contributed by atoms with Crippen molar-refractivity contribution >= 4 is 27.0 Å². The van der Waals surface area contributed by atoms with Gasteiger partial charge < -0.3 is 9.30 Å². The van der Waals surface area contributed by atoms with Crippen molar-refractivity contribution < 1.29 is 17.9 Å².